The van der Waals surface area contributed by atoms with Crippen LogP contribution < -0.4 is 0 Å². The van der Waals surface area contributed by atoms with E-state index in [1.807, 2.05) is 13.8 Å². The van der Waals surface area contributed by atoms with Gasteiger partial charge in [0.15, 0.2) is 0 Å². The highest BCUT2D eigenvalue weighted by Gasteiger charge is 2.06. The summed E-state index contributed by atoms with van der Waals surface area (Å²) in [5.41, 5.74) is 0. The molecule has 1 rings (SSSR count). The summed E-state index contributed by atoms with van der Waals surface area (Å²) in [7, 11) is 0. The number of hydrogen-bond donors (Lipinski definition) is 0. The number of aromatic nitrogens is 1. The Kier molecular flexibility index (Phi) is 4.91. The van der Waals surface area contributed by atoms with Gasteiger partial charge in [-0.3, -0.25) is 4.79 Å². The lowest BCUT2D eigenvalue weighted by Gasteiger charge is -2.06. The van der Waals surface area contributed by atoms with Crippen LogP contribution in [0.15, 0.2) is 23.4 Å². The van der Waals surface area contributed by atoms with Crippen molar-refractivity contribution in [2.24, 2.45) is 0 Å². The van der Waals surface area contributed by atoms with E-state index in [9.17, 15) is 4.79 Å². The zero-order valence-electron chi connectivity index (χ0n) is 8.57. The van der Waals surface area contributed by atoms with E-state index in [2.05, 4.69) is 4.98 Å². The van der Waals surface area contributed by atoms with Crippen LogP contribution in [0.4, 0.5) is 0 Å². The molecule has 1 aromatic heterocycles. The van der Waals surface area contributed by atoms with Crippen LogP contribution >= 0.6 is 23.4 Å². The van der Waals surface area contributed by atoms with Gasteiger partial charge in [0.25, 0.3) is 0 Å². The lowest BCUT2D eigenvalue weighted by molar-refractivity contribution is -0.144. The van der Waals surface area contributed by atoms with E-state index in [-0.39, 0.29) is 17.8 Å². The molecule has 0 radical (unpaired) electrons. The molecule has 0 aliphatic heterocycles. The van der Waals surface area contributed by atoms with Gasteiger partial charge in [0, 0.05) is 6.20 Å². The first-order chi connectivity index (χ1) is 7.08. The van der Waals surface area contributed by atoms with Gasteiger partial charge >= 0.3 is 5.97 Å². The summed E-state index contributed by atoms with van der Waals surface area (Å²) < 4.78 is 4.98. The number of ether oxygens (including phenoxy) is 1. The van der Waals surface area contributed by atoms with E-state index in [0.29, 0.717) is 5.02 Å². The van der Waals surface area contributed by atoms with Crippen molar-refractivity contribution in [2.75, 3.05) is 5.75 Å². The zero-order valence-corrected chi connectivity index (χ0v) is 10.1. The minimum atomic E-state index is -0.230. The monoisotopic (exact) mass is 245 g/mol. The van der Waals surface area contributed by atoms with Crippen molar-refractivity contribution < 1.29 is 9.53 Å². The maximum absolute atomic E-state index is 11.2. The van der Waals surface area contributed by atoms with E-state index >= 15 is 0 Å². The van der Waals surface area contributed by atoms with E-state index in [0.717, 1.165) is 5.03 Å². The van der Waals surface area contributed by atoms with E-state index in [4.69, 9.17) is 16.3 Å². The second-order valence-corrected chi connectivity index (χ2v) is 4.57. The summed E-state index contributed by atoms with van der Waals surface area (Å²) >= 11 is 7.01. The molecule has 1 aromatic rings. The lowest BCUT2D eigenvalue weighted by Crippen LogP contribution is -2.13. The fourth-order valence-corrected chi connectivity index (χ4v) is 1.61. The molecule has 0 atom stereocenters. The van der Waals surface area contributed by atoms with Crippen molar-refractivity contribution in [2.45, 2.75) is 25.0 Å². The van der Waals surface area contributed by atoms with Crippen molar-refractivity contribution in [1.82, 2.24) is 4.98 Å². The smallest absolute Gasteiger partial charge is 0.316 e. The molecule has 82 valence electrons. The molecular weight excluding hydrogens is 234 g/mol. The Hall–Kier alpha value is -0.740. The first-order valence-corrected chi connectivity index (χ1v) is 5.88. The molecule has 3 nitrogen and oxygen atoms in total. The van der Waals surface area contributed by atoms with Gasteiger partial charge in [-0.1, -0.05) is 23.4 Å². The highest BCUT2D eigenvalue weighted by Crippen LogP contribution is 2.17. The number of esters is 1. The number of pyridine rings is 1. The van der Waals surface area contributed by atoms with Gasteiger partial charge < -0.3 is 4.74 Å². The minimum Gasteiger partial charge on any atom is -0.462 e. The second-order valence-electron chi connectivity index (χ2n) is 3.14. The van der Waals surface area contributed by atoms with Crippen molar-refractivity contribution in [3.63, 3.8) is 0 Å². The topological polar surface area (TPSA) is 39.2 Å². The van der Waals surface area contributed by atoms with Gasteiger partial charge in [-0.05, 0) is 26.0 Å². The number of nitrogens with zero attached hydrogens (tertiary/aromatic N) is 1. The van der Waals surface area contributed by atoms with E-state index in [1.165, 1.54) is 11.8 Å². The van der Waals surface area contributed by atoms with Crippen LogP contribution in [-0.2, 0) is 9.53 Å². The summed E-state index contributed by atoms with van der Waals surface area (Å²) in [5.74, 6) is 0.0408. The predicted octanol–water partition coefficient (Wildman–Crippen LogP) is 2.78. The van der Waals surface area contributed by atoms with Gasteiger partial charge in [0.1, 0.15) is 0 Å². The fourth-order valence-electron chi connectivity index (χ4n) is 0.877. The predicted molar refractivity (Wildman–Crippen MR) is 61.2 cm³/mol. The molecule has 0 fully saturated rings. The maximum atomic E-state index is 11.2. The van der Waals surface area contributed by atoms with Crippen molar-refractivity contribution in [3.05, 3.63) is 23.4 Å². The fraction of sp³-hybridized carbons (Fsp3) is 0.400. The molecule has 15 heavy (non-hydrogen) atoms. The van der Waals surface area contributed by atoms with Crippen LogP contribution in [0.5, 0.6) is 0 Å². The third kappa shape index (κ3) is 5.04. The Morgan fingerprint density at radius 3 is 2.87 bits per heavy atom. The molecule has 5 heteroatoms. The number of hydrogen-bond acceptors (Lipinski definition) is 4. The summed E-state index contributed by atoms with van der Waals surface area (Å²) in [6.45, 7) is 3.65. The quantitative estimate of drug-likeness (QED) is 0.604. The molecular formula is C10H12ClNO2S. The molecule has 0 amide bonds. The Bertz CT molecular complexity index is 327. The third-order valence-electron chi connectivity index (χ3n) is 1.41. The largest absolute Gasteiger partial charge is 0.462 e. The van der Waals surface area contributed by atoms with Crippen LogP contribution in [0.2, 0.25) is 5.02 Å². The number of rotatable bonds is 4. The van der Waals surface area contributed by atoms with Crippen molar-refractivity contribution in [3.8, 4) is 0 Å². The summed E-state index contributed by atoms with van der Waals surface area (Å²) in [6.07, 6.45) is 1.48. The lowest BCUT2D eigenvalue weighted by atomic mass is 10.5. The van der Waals surface area contributed by atoms with Crippen LogP contribution in [0.25, 0.3) is 0 Å². The Morgan fingerprint density at radius 1 is 1.60 bits per heavy atom. The number of thioether (sulfide) groups is 1. The average molecular weight is 246 g/mol. The molecule has 0 aliphatic rings. The zero-order chi connectivity index (χ0) is 11.3. The molecule has 0 saturated heterocycles. The number of halogens is 1. The Labute approximate surface area is 98.2 Å². The molecule has 0 saturated carbocycles. The Morgan fingerprint density at radius 2 is 2.33 bits per heavy atom. The van der Waals surface area contributed by atoms with Gasteiger partial charge in [0.2, 0.25) is 0 Å². The normalized spacial score (nSPS) is 10.4. The molecule has 1 heterocycles. The first-order valence-electron chi connectivity index (χ1n) is 4.52. The molecule has 0 spiro atoms. The van der Waals surface area contributed by atoms with E-state index in [1.54, 1.807) is 18.3 Å². The van der Waals surface area contributed by atoms with Crippen LogP contribution in [0, 0.1) is 0 Å². The Balaban J connectivity index is 2.37. The molecule has 0 unspecified atom stereocenters. The van der Waals surface area contributed by atoms with Crippen molar-refractivity contribution in [1.29, 1.82) is 0 Å². The maximum Gasteiger partial charge on any atom is 0.316 e. The molecule has 0 aliphatic carbocycles. The number of carbonyl (C=O) groups excluding carboxylic acids is 1. The SMILES string of the molecule is CC(C)OC(=O)CSc1ccc(Cl)cn1. The van der Waals surface area contributed by atoms with Gasteiger partial charge in [0.05, 0.1) is 21.9 Å². The van der Waals surface area contributed by atoms with Crippen molar-refractivity contribution >= 4 is 29.3 Å². The van der Waals surface area contributed by atoms with E-state index < -0.39 is 0 Å². The molecule has 0 bridgehead atoms. The van der Waals surface area contributed by atoms with Crippen LogP contribution in [0.1, 0.15) is 13.8 Å². The summed E-state index contributed by atoms with van der Waals surface area (Å²) in [5, 5.41) is 1.35. The highest BCUT2D eigenvalue weighted by atomic mass is 35.5. The number of carbonyl (C=O) groups is 1. The summed E-state index contributed by atoms with van der Waals surface area (Å²) in [6, 6.07) is 3.51. The van der Waals surface area contributed by atoms with Crippen LogP contribution in [-0.4, -0.2) is 22.8 Å². The van der Waals surface area contributed by atoms with Gasteiger partial charge in [-0.2, -0.15) is 0 Å². The average Bonchev–Trinajstić information content (AvgIpc) is 2.16. The minimum absolute atomic E-state index is 0.0729. The molecule has 0 N–H and O–H groups in total. The van der Waals surface area contributed by atoms with Gasteiger partial charge in [-0.15, -0.1) is 0 Å². The summed E-state index contributed by atoms with van der Waals surface area (Å²) in [4.78, 5) is 15.2. The molecule has 0 aromatic carbocycles. The first kappa shape index (κ1) is 12.3. The second kappa shape index (κ2) is 5.98. The van der Waals surface area contributed by atoms with Crippen LogP contribution in [0.3, 0.4) is 0 Å². The van der Waals surface area contributed by atoms with Gasteiger partial charge in [-0.25, -0.2) is 4.98 Å². The standard InChI is InChI=1S/C10H12ClNO2S/c1-7(2)14-10(13)6-15-9-4-3-8(11)5-12-9/h3-5,7H,6H2,1-2H3. The third-order valence-corrected chi connectivity index (χ3v) is 2.55. The highest BCUT2D eigenvalue weighted by molar-refractivity contribution is 7.99.